The number of hydrogen-bond acceptors (Lipinski definition) is 2. The van der Waals surface area contributed by atoms with Crippen molar-refractivity contribution in [2.24, 2.45) is 0 Å². The van der Waals surface area contributed by atoms with Crippen molar-refractivity contribution in [2.45, 2.75) is 83.7 Å². The zero-order chi connectivity index (χ0) is 13.5. The standard InChI is InChI=1S/C16H30O2/c1-2-3-4-5-6-7-8-9-10-11-12-13-14-16(18)15-17/h16-18H,2-8,11-15H2,1H3/t16-/m1/s1. The molecule has 2 nitrogen and oxygen atoms in total. The molecule has 0 spiro atoms. The Bertz CT molecular complexity index is 215. The Morgan fingerprint density at radius 2 is 1.39 bits per heavy atom. The Balaban J connectivity index is 3.14. The van der Waals surface area contributed by atoms with Crippen molar-refractivity contribution in [1.82, 2.24) is 0 Å². The van der Waals surface area contributed by atoms with Crippen LogP contribution in [0.25, 0.3) is 0 Å². The molecule has 0 saturated heterocycles. The Hall–Kier alpha value is -0.520. The molecule has 0 aromatic carbocycles. The topological polar surface area (TPSA) is 40.5 Å². The summed E-state index contributed by atoms with van der Waals surface area (Å²) in [4.78, 5) is 0. The largest absolute Gasteiger partial charge is 0.394 e. The van der Waals surface area contributed by atoms with Gasteiger partial charge in [-0.15, -0.1) is 11.8 Å². The Kier molecular flexibility index (Phi) is 14.1. The molecule has 0 amide bonds. The predicted molar refractivity (Wildman–Crippen MR) is 77.3 cm³/mol. The summed E-state index contributed by atoms with van der Waals surface area (Å²) < 4.78 is 0. The summed E-state index contributed by atoms with van der Waals surface area (Å²) in [6, 6.07) is 0. The summed E-state index contributed by atoms with van der Waals surface area (Å²) in [5, 5.41) is 17.8. The molecule has 0 aromatic heterocycles. The first-order chi connectivity index (χ1) is 8.81. The van der Waals surface area contributed by atoms with Crippen molar-refractivity contribution in [3.8, 4) is 11.8 Å². The second-order valence-electron chi connectivity index (χ2n) is 4.95. The first-order valence-corrected chi connectivity index (χ1v) is 7.56. The lowest BCUT2D eigenvalue weighted by Gasteiger charge is -2.04. The maximum Gasteiger partial charge on any atom is 0.0770 e. The highest BCUT2D eigenvalue weighted by Crippen LogP contribution is 2.06. The van der Waals surface area contributed by atoms with Crippen LogP contribution in [0.1, 0.15) is 77.6 Å². The third-order valence-electron chi connectivity index (χ3n) is 3.08. The van der Waals surface area contributed by atoms with Crippen molar-refractivity contribution < 1.29 is 10.2 Å². The van der Waals surface area contributed by atoms with Gasteiger partial charge >= 0.3 is 0 Å². The molecule has 0 aliphatic carbocycles. The van der Waals surface area contributed by atoms with Gasteiger partial charge < -0.3 is 10.2 Å². The number of aliphatic hydroxyl groups is 2. The molecule has 0 aromatic rings. The lowest BCUT2D eigenvalue weighted by Crippen LogP contribution is -2.10. The van der Waals surface area contributed by atoms with Crippen LogP contribution in [0.2, 0.25) is 0 Å². The van der Waals surface area contributed by atoms with Crippen LogP contribution in [0.15, 0.2) is 0 Å². The van der Waals surface area contributed by atoms with Crippen molar-refractivity contribution in [3.63, 3.8) is 0 Å². The zero-order valence-electron chi connectivity index (χ0n) is 12.0. The van der Waals surface area contributed by atoms with Crippen molar-refractivity contribution in [3.05, 3.63) is 0 Å². The quantitative estimate of drug-likeness (QED) is 0.436. The molecule has 0 saturated carbocycles. The lowest BCUT2D eigenvalue weighted by atomic mass is 10.1. The number of rotatable bonds is 11. The molecule has 0 radical (unpaired) electrons. The fraction of sp³-hybridized carbons (Fsp3) is 0.875. The molecule has 18 heavy (non-hydrogen) atoms. The van der Waals surface area contributed by atoms with E-state index in [2.05, 4.69) is 18.8 Å². The molecule has 0 aliphatic heterocycles. The van der Waals surface area contributed by atoms with E-state index >= 15 is 0 Å². The highest BCUT2D eigenvalue weighted by molar-refractivity contribution is 4.98. The van der Waals surface area contributed by atoms with Gasteiger partial charge in [-0.05, 0) is 25.7 Å². The van der Waals surface area contributed by atoms with Crippen LogP contribution >= 0.6 is 0 Å². The van der Waals surface area contributed by atoms with E-state index < -0.39 is 6.10 Å². The molecule has 0 heterocycles. The molecular weight excluding hydrogens is 224 g/mol. The van der Waals surface area contributed by atoms with Crippen LogP contribution in [0.4, 0.5) is 0 Å². The minimum absolute atomic E-state index is 0.121. The molecule has 0 aliphatic rings. The molecule has 2 N–H and O–H groups in total. The third-order valence-corrected chi connectivity index (χ3v) is 3.08. The molecule has 2 heteroatoms. The highest BCUT2D eigenvalue weighted by Gasteiger charge is 1.99. The van der Waals surface area contributed by atoms with Crippen LogP contribution in [0, 0.1) is 11.8 Å². The van der Waals surface area contributed by atoms with Gasteiger partial charge in [0.2, 0.25) is 0 Å². The smallest absolute Gasteiger partial charge is 0.0770 e. The average molecular weight is 254 g/mol. The highest BCUT2D eigenvalue weighted by atomic mass is 16.3. The summed E-state index contributed by atoms with van der Waals surface area (Å²) in [5.41, 5.74) is 0. The average Bonchev–Trinajstić information content (AvgIpc) is 2.39. The Labute approximate surface area is 113 Å². The first-order valence-electron chi connectivity index (χ1n) is 7.56. The van der Waals surface area contributed by atoms with Crippen LogP contribution < -0.4 is 0 Å². The van der Waals surface area contributed by atoms with Gasteiger partial charge in [-0.3, -0.25) is 0 Å². The maximum absolute atomic E-state index is 9.13. The maximum atomic E-state index is 9.13. The minimum atomic E-state index is -0.541. The van der Waals surface area contributed by atoms with E-state index in [0.717, 1.165) is 25.7 Å². The van der Waals surface area contributed by atoms with Gasteiger partial charge in [0.1, 0.15) is 0 Å². The monoisotopic (exact) mass is 254 g/mol. The van der Waals surface area contributed by atoms with E-state index in [1.807, 2.05) is 0 Å². The summed E-state index contributed by atoms with van der Waals surface area (Å²) >= 11 is 0. The van der Waals surface area contributed by atoms with Gasteiger partial charge in [-0.1, -0.05) is 39.0 Å². The van der Waals surface area contributed by atoms with E-state index in [1.54, 1.807) is 0 Å². The molecule has 0 bridgehead atoms. The Morgan fingerprint density at radius 3 is 2.00 bits per heavy atom. The predicted octanol–water partition coefficient (Wildman–Crippen LogP) is 3.65. The minimum Gasteiger partial charge on any atom is -0.394 e. The van der Waals surface area contributed by atoms with E-state index in [9.17, 15) is 0 Å². The van der Waals surface area contributed by atoms with Crippen LogP contribution in [-0.2, 0) is 0 Å². The van der Waals surface area contributed by atoms with Crippen LogP contribution in [-0.4, -0.2) is 22.9 Å². The summed E-state index contributed by atoms with van der Waals surface area (Å²) in [6.45, 7) is 2.12. The molecule has 0 fully saturated rings. The second kappa shape index (κ2) is 14.5. The molecule has 1 atom stereocenters. The zero-order valence-corrected chi connectivity index (χ0v) is 12.0. The molecule has 106 valence electrons. The van der Waals surface area contributed by atoms with E-state index in [4.69, 9.17) is 10.2 Å². The summed E-state index contributed by atoms with van der Waals surface area (Å²) in [6.07, 6.45) is 12.0. The van der Waals surface area contributed by atoms with Crippen molar-refractivity contribution in [1.29, 1.82) is 0 Å². The van der Waals surface area contributed by atoms with Gasteiger partial charge in [-0.2, -0.15) is 0 Å². The van der Waals surface area contributed by atoms with Crippen LogP contribution in [0.5, 0.6) is 0 Å². The normalized spacial score (nSPS) is 11.9. The van der Waals surface area contributed by atoms with Gasteiger partial charge in [-0.25, -0.2) is 0 Å². The van der Waals surface area contributed by atoms with Crippen LogP contribution in [0.3, 0.4) is 0 Å². The van der Waals surface area contributed by atoms with Crippen molar-refractivity contribution >= 4 is 0 Å². The molecular formula is C16H30O2. The SMILES string of the molecule is CCCCCCCCC#CCCCC[C@@H](O)CO. The van der Waals surface area contributed by atoms with E-state index in [1.165, 1.54) is 38.5 Å². The Morgan fingerprint density at radius 1 is 0.833 bits per heavy atom. The number of hydrogen-bond donors (Lipinski definition) is 2. The number of aliphatic hydroxyl groups excluding tert-OH is 2. The van der Waals surface area contributed by atoms with Gasteiger partial charge in [0.15, 0.2) is 0 Å². The van der Waals surface area contributed by atoms with Crippen molar-refractivity contribution in [2.75, 3.05) is 6.61 Å². The third kappa shape index (κ3) is 13.5. The number of unbranched alkanes of at least 4 members (excludes halogenated alkanes) is 8. The summed E-state index contributed by atoms with van der Waals surface area (Å²) in [5.74, 6) is 6.40. The summed E-state index contributed by atoms with van der Waals surface area (Å²) in [7, 11) is 0. The second-order valence-corrected chi connectivity index (χ2v) is 4.95. The fourth-order valence-electron chi connectivity index (χ4n) is 1.86. The first kappa shape index (κ1) is 17.5. The van der Waals surface area contributed by atoms with Gasteiger partial charge in [0, 0.05) is 12.8 Å². The van der Waals surface area contributed by atoms with E-state index in [-0.39, 0.29) is 6.61 Å². The van der Waals surface area contributed by atoms with E-state index in [0.29, 0.717) is 6.42 Å². The molecule has 0 rings (SSSR count). The van der Waals surface area contributed by atoms with Gasteiger partial charge in [0.25, 0.3) is 0 Å². The van der Waals surface area contributed by atoms with Gasteiger partial charge in [0.05, 0.1) is 12.7 Å². The molecule has 0 unspecified atom stereocenters. The lowest BCUT2D eigenvalue weighted by molar-refractivity contribution is 0.0862. The fourth-order valence-corrected chi connectivity index (χ4v) is 1.86.